The minimum atomic E-state index is -1.22. The average molecular weight is 545 g/mol. The summed E-state index contributed by atoms with van der Waals surface area (Å²) in [5.74, 6) is -5.88. The molecule has 2 aliphatic heterocycles. The van der Waals surface area contributed by atoms with Crippen molar-refractivity contribution in [2.45, 2.75) is 38.4 Å². The van der Waals surface area contributed by atoms with Gasteiger partial charge in [0.05, 0.1) is 18.4 Å². The predicted octanol–water partition coefficient (Wildman–Crippen LogP) is 1.55. The third-order valence-corrected chi connectivity index (χ3v) is 6.68. The second-order valence-electron chi connectivity index (χ2n) is 9.15. The molecule has 2 atom stereocenters. The first-order chi connectivity index (χ1) is 18.7. The first kappa shape index (κ1) is 25.9. The quantitative estimate of drug-likeness (QED) is 0.508. The van der Waals surface area contributed by atoms with Crippen LogP contribution >= 0.6 is 0 Å². The average Bonchev–Trinajstić information content (AvgIpc) is 3.42. The van der Waals surface area contributed by atoms with Gasteiger partial charge in [-0.1, -0.05) is 10.4 Å². The second-order valence-corrected chi connectivity index (χ2v) is 9.15. The number of amides is 2. The number of pyridine rings is 1. The van der Waals surface area contributed by atoms with Gasteiger partial charge in [0, 0.05) is 55.9 Å². The summed E-state index contributed by atoms with van der Waals surface area (Å²) >= 11 is 0. The number of oxime groups is 1. The Hall–Kier alpha value is -4.69. The van der Waals surface area contributed by atoms with Gasteiger partial charge in [-0.3, -0.25) is 14.4 Å². The Morgan fingerprint density at radius 2 is 1.97 bits per heavy atom. The van der Waals surface area contributed by atoms with Crippen LogP contribution in [0.15, 0.2) is 40.7 Å². The molecule has 0 fully saturated rings. The van der Waals surface area contributed by atoms with Crippen LogP contribution in [0.2, 0.25) is 0 Å². The molecule has 0 saturated heterocycles. The van der Waals surface area contributed by atoms with Crippen LogP contribution in [0.5, 0.6) is 5.75 Å². The van der Waals surface area contributed by atoms with Crippen molar-refractivity contribution in [2.75, 3.05) is 13.2 Å². The fourth-order valence-corrected chi connectivity index (χ4v) is 4.59. The normalized spacial score (nSPS) is 20.5. The Morgan fingerprint density at radius 1 is 1.23 bits per heavy atom. The first-order valence-electron chi connectivity index (χ1n) is 11.9. The van der Waals surface area contributed by atoms with Crippen LogP contribution in [-0.4, -0.2) is 66.4 Å². The highest BCUT2D eigenvalue weighted by atomic mass is 19.1. The summed E-state index contributed by atoms with van der Waals surface area (Å²) in [5, 5.41) is 24.9. The Bertz CT molecular complexity index is 1520. The summed E-state index contributed by atoms with van der Waals surface area (Å²) in [6, 6.07) is -0.0374. The summed E-state index contributed by atoms with van der Waals surface area (Å²) < 4.78 is 43.9. The molecule has 0 radical (unpaired) electrons. The van der Waals surface area contributed by atoms with Crippen molar-refractivity contribution in [3.63, 3.8) is 0 Å². The van der Waals surface area contributed by atoms with E-state index in [4.69, 9.17) is 4.84 Å². The summed E-state index contributed by atoms with van der Waals surface area (Å²) in [7, 11) is 0. The van der Waals surface area contributed by atoms with Crippen molar-refractivity contribution in [1.82, 2.24) is 29.8 Å². The van der Waals surface area contributed by atoms with E-state index in [1.807, 2.05) is 0 Å². The molecule has 3 aromatic rings. The number of aromatic hydroxyl groups is 1. The number of rotatable bonds is 3. The monoisotopic (exact) mass is 545 g/mol. The van der Waals surface area contributed by atoms with Gasteiger partial charge >= 0.3 is 0 Å². The number of fused-ring (bicyclic) bond motifs is 4. The Labute approximate surface area is 218 Å². The van der Waals surface area contributed by atoms with E-state index in [0.717, 1.165) is 6.20 Å². The topological polar surface area (TPSA) is 144 Å². The summed E-state index contributed by atoms with van der Waals surface area (Å²) in [6.45, 7) is 1.44. The van der Waals surface area contributed by atoms with Crippen LogP contribution in [0.3, 0.4) is 0 Å². The molecule has 39 heavy (non-hydrogen) atoms. The van der Waals surface area contributed by atoms with Crippen molar-refractivity contribution in [2.24, 2.45) is 5.16 Å². The molecular weight excluding hydrogens is 523 g/mol. The van der Waals surface area contributed by atoms with Gasteiger partial charge in [-0.05, 0) is 6.92 Å². The number of nitrogens with zero attached hydrogens (tertiary/aromatic N) is 6. The van der Waals surface area contributed by atoms with Gasteiger partial charge in [0.15, 0.2) is 17.3 Å². The molecule has 2 aromatic heterocycles. The van der Waals surface area contributed by atoms with E-state index >= 15 is 0 Å². The maximum atomic E-state index is 14.0. The van der Waals surface area contributed by atoms with Crippen LogP contribution < -0.4 is 10.7 Å². The molecule has 15 heteroatoms. The molecule has 0 unspecified atom stereocenters. The van der Waals surface area contributed by atoms with E-state index in [1.165, 1.54) is 20.3 Å². The van der Waals surface area contributed by atoms with Crippen molar-refractivity contribution >= 4 is 17.6 Å². The molecule has 204 valence electrons. The molecule has 12 nitrogen and oxygen atoms in total. The van der Waals surface area contributed by atoms with Crippen molar-refractivity contribution in [1.29, 1.82) is 0 Å². The summed E-state index contributed by atoms with van der Waals surface area (Å²) in [4.78, 5) is 46.2. The van der Waals surface area contributed by atoms with E-state index in [9.17, 15) is 32.7 Å². The van der Waals surface area contributed by atoms with E-state index in [2.05, 4.69) is 20.8 Å². The zero-order chi connectivity index (χ0) is 27.8. The van der Waals surface area contributed by atoms with Gasteiger partial charge in [0.2, 0.25) is 5.43 Å². The lowest BCUT2D eigenvalue weighted by molar-refractivity contribution is 0.0494. The van der Waals surface area contributed by atoms with Gasteiger partial charge in [-0.25, -0.2) is 17.9 Å². The highest BCUT2D eigenvalue weighted by molar-refractivity contribution is 5.99. The van der Waals surface area contributed by atoms with Crippen LogP contribution in [-0.2, 0) is 11.4 Å². The minimum absolute atomic E-state index is 0.0994. The van der Waals surface area contributed by atoms with Gasteiger partial charge in [-0.2, -0.15) is 0 Å². The van der Waals surface area contributed by atoms with Crippen molar-refractivity contribution < 1.29 is 32.7 Å². The van der Waals surface area contributed by atoms with Crippen molar-refractivity contribution in [3.8, 4) is 5.75 Å². The molecule has 2 bridgehead atoms. The van der Waals surface area contributed by atoms with E-state index in [-0.39, 0.29) is 31.3 Å². The first-order valence-corrected chi connectivity index (χ1v) is 11.9. The largest absolute Gasteiger partial charge is 0.503 e. The van der Waals surface area contributed by atoms with Crippen LogP contribution in [0.25, 0.3) is 0 Å². The lowest BCUT2D eigenvalue weighted by Crippen LogP contribution is -2.50. The van der Waals surface area contributed by atoms with Gasteiger partial charge in [0.25, 0.3) is 11.8 Å². The molecule has 4 heterocycles. The summed E-state index contributed by atoms with van der Waals surface area (Å²) in [5.41, 5.74) is -2.63. The Kier molecular flexibility index (Phi) is 6.80. The molecular formula is C24H22F3N7O5. The SMILES string of the molecule is C[C@H]1CCO/N=C(/n2ccnn2)C[C@H]2CN1C(=O)c1c(O)c(=O)c(C(=O)NCc3c(F)cc(F)cc3F)cn12. The number of nitrogens with one attached hydrogen (secondary N) is 1. The zero-order valence-corrected chi connectivity index (χ0v) is 20.5. The van der Waals surface area contributed by atoms with Gasteiger partial charge in [0.1, 0.15) is 29.6 Å². The molecule has 0 aliphatic carbocycles. The maximum absolute atomic E-state index is 14.0. The fourth-order valence-electron chi connectivity index (χ4n) is 4.59. The number of carbonyl (C=O) groups is 2. The number of carbonyl (C=O) groups excluding carboxylic acids is 2. The Balaban J connectivity index is 1.53. The number of halogens is 3. The Morgan fingerprint density at radius 3 is 2.67 bits per heavy atom. The number of benzene rings is 1. The third kappa shape index (κ3) is 4.82. The molecule has 0 saturated carbocycles. The molecule has 2 amide bonds. The standard InChI is InChI=1S/C24H22F3N7O5/c1-12-2-5-39-30-19(34-4-3-29-31-34)8-14-10-32(12)24(38)20-22(36)21(35)16(11-33(14)20)23(37)28-9-15-17(26)6-13(25)7-18(15)27/h3-4,6-7,11-12,14,36H,2,5,8-10H2,1H3,(H,28,37)/b30-19+/t12-,14-/m0/s1. The smallest absolute Gasteiger partial charge is 0.274 e. The van der Waals surface area contributed by atoms with E-state index in [0.29, 0.717) is 24.4 Å². The number of aromatic nitrogens is 4. The van der Waals surface area contributed by atoms with Gasteiger partial charge in [-0.15, -0.1) is 5.10 Å². The molecule has 0 spiro atoms. The second kappa shape index (κ2) is 10.2. The van der Waals surface area contributed by atoms with Crippen LogP contribution in [0, 0.1) is 17.5 Å². The van der Waals surface area contributed by atoms with Gasteiger partial charge < -0.3 is 24.7 Å². The minimum Gasteiger partial charge on any atom is -0.503 e. The highest BCUT2D eigenvalue weighted by Gasteiger charge is 2.38. The van der Waals surface area contributed by atoms with Crippen LogP contribution in [0.4, 0.5) is 13.2 Å². The zero-order valence-electron chi connectivity index (χ0n) is 20.5. The molecule has 5 rings (SSSR count). The molecule has 2 N–H and O–H groups in total. The van der Waals surface area contributed by atoms with Crippen LogP contribution in [0.1, 0.15) is 52.2 Å². The fraction of sp³-hybridized carbons (Fsp3) is 0.333. The number of hydrogen-bond acceptors (Lipinski definition) is 8. The third-order valence-electron chi connectivity index (χ3n) is 6.68. The van der Waals surface area contributed by atoms with E-state index < -0.39 is 64.2 Å². The van der Waals surface area contributed by atoms with E-state index in [1.54, 1.807) is 13.1 Å². The molecule has 2 aliphatic rings. The lowest BCUT2D eigenvalue weighted by atomic mass is 10.0. The number of hydrogen-bond donors (Lipinski definition) is 2. The summed E-state index contributed by atoms with van der Waals surface area (Å²) in [6.07, 6.45) is 4.60. The lowest BCUT2D eigenvalue weighted by Gasteiger charge is -2.40. The maximum Gasteiger partial charge on any atom is 0.274 e. The highest BCUT2D eigenvalue weighted by Crippen LogP contribution is 2.31. The van der Waals surface area contributed by atoms with Crippen molar-refractivity contribution in [3.05, 3.63) is 75.2 Å². The molecule has 1 aromatic carbocycles. The predicted molar refractivity (Wildman–Crippen MR) is 127 cm³/mol.